The molecule has 0 spiro atoms. The Labute approximate surface area is 179 Å². The average Bonchev–Trinajstić information content (AvgIpc) is 3.61. The van der Waals surface area contributed by atoms with E-state index in [-0.39, 0.29) is 12.2 Å². The van der Waals surface area contributed by atoms with Gasteiger partial charge in [-0.05, 0) is 67.0 Å². The first-order valence-electron chi connectivity index (χ1n) is 10.5. The number of unbranched alkanes of at least 4 members (excludes halogenated alkanes) is 1. The van der Waals surface area contributed by atoms with Gasteiger partial charge in [0.15, 0.2) is 0 Å². The molecule has 1 fully saturated rings. The third-order valence-corrected chi connectivity index (χ3v) is 5.69. The molecule has 160 valence electrons. The molecule has 2 aromatic carbocycles. The van der Waals surface area contributed by atoms with Crippen molar-refractivity contribution < 1.29 is 24.5 Å². The molecule has 0 amide bonds. The second kappa shape index (κ2) is 8.76. The highest BCUT2D eigenvalue weighted by Crippen LogP contribution is 2.45. The predicted molar refractivity (Wildman–Crippen MR) is 117 cm³/mol. The van der Waals surface area contributed by atoms with Crippen molar-refractivity contribution >= 4 is 16.9 Å². The van der Waals surface area contributed by atoms with Gasteiger partial charge in [-0.3, -0.25) is 4.98 Å². The Morgan fingerprint density at radius 3 is 2.39 bits per heavy atom. The van der Waals surface area contributed by atoms with Crippen LogP contribution in [0.5, 0.6) is 0 Å². The zero-order valence-electron chi connectivity index (χ0n) is 17.0. The van der Waals surface area contributed by atoms with Crippen LogP contribution < -0.4 is 0 Å². The number of allylic oxidation sites excluding steroid dienone is 1. The number of carboxylic acid groups (broad SMARTS) is 1. The Kier molecular flexibility index (Phi) is 5.89. The van der Waals surface area contributed by atoms with E-state index in [0.717, 1.165) is 46.1 Å². The van der Waals surface area contributed by atoms with Crippen molar-refractivity contribution in [3.8, 4) is 11.1 Å². The number of aromatic nitrogens is 1. The molecular formula is C25H24FNO4. The summed E-state index contributed by atoms with van der Waals surface area (Å²) in [4.78, 5) is 15.7. The molecule has 3 aromatic rings. The number of aliphatic hydroxyl groups excluding tert-OH is 2. The summed E-state index contributed by atoms with van der Waals surface area (Å²) in [5.74, 6) is -2.91. The fraction of sp³-hybridized carbons (Fsp3) is 0.280. The van der Waals surface area contributed by atoms with Gasteiger partial charge in [0.1, 0.15) is 11.6 Å². The topological polar surface area (TPSA) is 90.7 Å². The Morgan fingerprint density at radius 2 is 1.71 bits per heavy atom. The molecule has 1 aliphatic carbocycles. The number of fused-ring (bicyclic) bond motifs is 1. The van der Waals surface area contributed by atoms with Crippen LogP contribution in [0.1, 0.15) is 49.3 Å². The van der Waals surface area contributed by atoms with Crippen molar-refractivity contribution in [2.24, 2.45) is 0 Å². The van der Waals surface area contributed by atoms with Crippen molar-refractivity contribution in [3.05, 3.63) is 77.1 Å². The Balaban J connectivity index is 1.70. The number of aliphatic hydroxyl groups is 2. The summed E-state index contributed by atoms with van der Waals surface area (Å²) in [6.07, 6.45) is 4.17. The maximum Gasteiger partial charge on any atom is 0.374 e. The molecule has 4 rings (SSSR count). The number of carbonyl (C=O) groups is 1. The first-order valence-corrected chi connectivity index (χ1v) is 10.5. The number of nitrogens with zero attached hydrogens (tertiary/aromatic N) is 1. The second-order valence-corrected chi connectivity index (χ2v) is 7.96. The number of rotatable bonds is 8. The fourth-order valence-electron chi connectivity index (χ4n) is 4.00. The zero-order chi connectivity index (χ0) is 22.0. The summed E-state index contributed by atoms with van der Waals surface area (Å²) >= 11 is 0. The van der Waals surface area contributed by atoms with Gasteiger partial charge in [-0.2, -0.15) is 0 Å². The van der Waals surface area contributed by atoms with E-state index in [1.54, 1.807) is 12.1 Å². The maximum atomic E-state index is 13.6. The number of pyridine rings is 1. The number of carboxylic acids is 1. The van der Waals surface area contributed by atoms with Gasteiger partial charge in [0.05, 0.1) is 5.52 Å². The molecule has 31 heavy (non-hydrogen) atoms. The van der Waals surface area contributed by atoms with Gasteiger partial charge in [0.2, 0.25) is 5.76 Å². The summed E-state index contributed by atoms with van der Waals surface area (Å²) in [7, 11) is 0. The predicted octanol–water partition coefficient (Wildman–Crippen LogP) is 6.04. The third-order valence-electron chi connectivity index (χ3n) is 5.69. The quantitative estimate of drug-likeness (QED) is 0.234. The Bertz CT molecular complexity index is 1150. The average molecular weight is 421 g/mol. The van der Waals surface area contributed by atoms with Crippen LogP contribution >= 0.6 is 0 Å². The molecule has 5 nitrogen and oxygen atoms in total. The fourth-order valence-corrected chi connectivity index (χ4v) is 4.00. The number of benzene rings is 2. The largest absolute Gasteiger partial charge is 0.508 e. The normalized spacial score (nSPS) is 14.5. The molecule has 3 N–H and O–H groups in total. The van der Waals surface area contributed by atoms with E-state index in [4.69, 9.17) is 10.1 Å². The standard InChI is InChI=1S/C25H24FNO4/c26-17-13-11-15(12-14-17)22-18-5-1-3-7-20(18)27-23(16-9-10-16)19(22)6-2-4-8-21(28)24(29)25(30)31/h1,3,5,7,11-14,16,28-29H,2,4,6,8-10H2,(H,30,31). The smallest absolute Gasteiger partial charge is 0.374 e. The van der Waals surface area contributed by atoms with Gasteiger partial charge >= 0.3 is 5.97 Å². The zero-order valence-corrected chi connectivity index (χ0v) is 17.0. The molecule has 1 aliphatic rings. The molecule has 0 aliphatic heterocycles. The second-order valence-electron chi connectivity index (χ2n) is 7.96. The van der Waals surface area contributed by atoms with Crippen LogP contribution in [0.15, 0.2) is 60.0 Å². The third kappa shape index (κ3) is 4.53. The van der Waals surface area contributed by atoms with Crippen molar-refractivity contribution in [3.63, 3.8) is 0 Å². The lowest BCUT2D eigenvalue weighted by atomic mass is 9.90. The molecule has 1 aromatic heterocycles. The van der Waals surface area contributed by atoms with E-state index in [1.165, 1.54) is 12.1 Å². The van der Waals surface area contributed by atoms with E-state index < -0.39 is 17.5 Å². The van der Waals surface area contributed by atoms with Gasteiger partial charge in [-0.15, -0.1) is 0 Å². The summed E-state index contributed by atoms with van der Waals surface area (Å²) in [6, 6.07) is 14.5. The molecule has 0 radical (unpaired) electrons. The highest BCUT2D eigenvalue weighted by atomic mass is 19.1. The number of hydrogen-bond donors (Lipinski definition) is 3. The minimum absolute atomic E-state index is 0.0871. The first kappa shape index (κ1) is 20.8. The summed E-state index contributed by atoms with van der Waals surface area (Å²) in [5, 5.41) is 28.9. The van der Waals surface area contributed by atoms with Crippen molar-refractivity contribution in [2.45, 2.75) is 44.4 Å². The number of halogens is 1. The highest BCUT2D eigenvalue weighted by Gasteiger charge is 2.30. The Hall–Kier alpha value is -3.41. The number of aliphatic carboxylic acids is 1. The molecular weight excluding hydrogens is 397 g/mol. The van der Waals surface area contributed by atoms with E-state index in [2.05, 4.69) is 0 Å². The highest BCUT2D eigenvalue weighted by molar-refractivity contribution is 5.96. The van der Waals surface area contributed by atoms with Gasteiger partial charge < -0.3 is 15.3 Å². The van der Waals surface area contributed by atoms with Crippen LogP contribution in [-0.2, 0) is 11.2 Å². The lowest BCUT2D eigenvalue weighted by Gasteiger charge is -2.18. The van der Waals surface area contributed by atoms with E-state index in [9.17, 15) is 19.4 Å². The molecule has 0 bridgehead atoms. The molecule has 0 saturated heterocycles. The lowest BCUT2D eigenvalue weighted by Crippen LogP contribution is -2.04. The minimum Gasteiger partial charge on any atom is -0.508 e. The van der Waals surface area contributed by atoms with Gasteiger partial charge in [-0.25, -0.2) is 9.18 Å². The van der Waals surface area contributed by atoms with Crippen LogP contribution in [0.25, 0.3) is 22.0 Å². The number of hydrogen-bond acceptors (Lipinski definition) is 4. The van der Waals surface area contributed by atoms with E-state index in [0.29, 0.717) is 25.2 Å². The van der Waals surface area contributed by atoms with Gasteiger partial charge in [0.25, 0.3) is 0 Å². The molecule has 6 heteroatoms. The minimum atomic E-state index is -1.54. The molecule has 1 heterocycles. The van der Waals surface area contributed by atoms with Crippen molar-refractivity contribution in [1.82, 2.24) is 4.98 Å². The Morgan fingerprint density at radius 1 is 1.00 bits per heavy atom. The van der Waals surface area contributed by atoms with E-state index in [1.807, 2.05) is 24.3 Å². The van der Waals surface area contributed by atoms with Crippen LogP contribution in [-0.4, -0.2) is 26.3 Å². The first-order chi connectivity index (χ1) is 15.0. The van der Waals surface area contributed by atoms with E-state index >= 15 is 0 Å². The summed E-state index contributed by atoms with van der Waals surface area (Å²) < 4.78 is 13.6. The van der Waals surface area contributed by atoms with Crippen molar-refractivity contribution in [1.29, 1.82) is 0 Å². The van der Waals surface area contributed by atoms with Crippen molar-refractivity contribution in [2.75, 3.05) is 0 Å². The van der Waals surface area contributed by atoms with Crippen LogP contribution in [0, 0.1) is 5.82 Å². The molecule has 0 unspecified atom stereocenters. The maximum absolute atomic E-state index is 13.6. The number of para-hydroxylation sites is 1. The molecule has 1 saturated carbocycles. The van der Waals surface area contributed by atoms with Crippen LogP contribution in [0.2, 0.25) is 0 Å². The SMILES string of the molecule is O=C(O)C(O)=C(O)CCCCc1c(C2CC2)nc2ccccc2c1-c1ccc(F)cc1. The van der Waals surface area contributed by atoms with Crippen LogP contribution in [0.4, 0.5) is 4.39 Å². The monoisotopic (exact) mass is 421 g/mol. The van der Waals surface area contributed by atoms with Gasteiger partial charge in [-0.1, -0.05) is 30.3 Å². The lowest BCUT2D eigenvalue weighted by molar-refractivity contribution is -0.135. The summed E-state index contributed by atoms with van der Waals surface area (Å²) in [5.41, 5.74) is 5.10. The molecule has 0 atom stereocenters. The van der Waals surface area contributed by atoms with Gasteiger partial charge in [0, 0.05) is 23.4 Å². The summed E-state index contributed by atoms with van der Waals surface area (Å²) in [6.45, 7) is 0. The van der Waals surface area contributed by atoms with Crippen LogP contribution in [0.3, 0.4) is 0 Å².